The molecule has 6 nitrogen and oxygen atoms in total. The van der Waals surface area contributed by atoms with Crippen LogP contribution in [-0.4, -0.2) is 68.2 Å². The van der Waals surface area contributed by atoms with Gasteiger partial charge in [0.1, 0.15) is 13.2 Å². The number of benzene rings is 2. The number of hydrogen-bond donors (Lipinski definition) is 0. The summed E-state index contributed by atoms with van der Waals surface area (Å²) in [6.07, 6.45) is 2.20. The summed E-state index contributed by atoms with van der Waals surface area (Å²) in [7, 11) is 0. The maximum absolute atomic E-state index is 13.0. The summed E-state index contributed by atoms with van der Waals surface area (Å²) in [5.74, 6) is 1.89. The first-order chi connectivity index (χ1) is 14.8. The maximum Gasteiger partial charge on any atom is 0.236 e. The van der Waals surface area contributed by atoms with Gasteiger partial charge in [-0.3, -0.25) is 9.69 Å². The van der Waals surface area contributed by atoms with E-state index in [-0.39, 0.29) is 11.9 Å². The van der Waals surface area contributed by atoms with Crippen LogP contribution in [0.4, 0.5) is 5.69 Å². The summed E-state index contributed by atoms with van der Waals surface area (Å²) in [5.41, 5.74) is 2.46. The first kappa shape index (κ1) is 19.2. The lowest BCUT2D eigenvalue weighted by Crippen LogP contribution is -2.51. The average molecular weight is 408 g/mol. The Morgan fingerprint density at radius 3 is 2.47 bits per heavy atom. The van der Waals surface area contributed by atoms with E-state index in [4.69, 9.17) is 9.47 Å². The largest absolute Gasteiger partial charge is 0.486 e. The molecular weight excluding hydrogens is 378 g/mol. The summed E-state index contributed by atoms with van der Waals surface area (Å²) in [6, 6.07) is 17.0. The Balaban J connectivity index is 1.20. The Bertz CT molecular complexity index is 881. The van der Waals surface area contributed by atoms with Gasteiger partial charge in [-0.25, -0.2) is 0 Å². The molecule has 0 bridgehead atoms. The minimum absolute atomic E-state index is 0.243. The van der Waals surface area contributed by atoms with Crippen molar-refractivity contribution in [1.29, 1.82) is 0 Å². The number of anilines is 1. The molecule has 2 aromatic rings. The second-order valence-corrected chi connectivity index (χ2v) is 8.23. The SMILES string of the molecule is O=C(CN1CCC[C@H]1c1ccc2c(c1)OCCO2)N1CCN(c2ccccc2)CC1. The van der Waals surface area contributed by atoms with Crippen LogP contribution in [0.5, 0.6) is 11.5 Å². The molecule has 0 unspecified atom stereocenters. The predicted molar refractivity (Wildman–Crippen MR) is 116 cm³/mol. The van der Waals surface area contributed by atoms with Gasteiger partial charge in [0.15, 0.2) is 11.5 Å². The van der Waals surface area contributed by atoms with Crippen molar-refractivity contribution in [3.63, 3.8) is 0 Å². The van der Waals surface area contributed by atoms with Crippen LogP contribution in [0.1, 0.15) is 24.4 Å². The fourth-order valence-electron chi connectivity index (χ4n) is 4.79. The molecule has 2 fully saturated rings. The maximum atomic E-state index is 13.0. The molecule has 0 N–H and O–H groups in total. The molecule has 6 heteroatoms. The average Bonchev–Trinajstić information content (AvgIpc) is 3.27. The van der Waals surface area contributed by atoms with E-state index < -0.39 is 0 Å². The molecule has 1 amide bonds. The molecule has 0 saturated carbocycles. The molecule has 3 heterocycles. The summed E-state index contributed by atoms with van der Waals surface area (Å²) in [5, 5.41) is 0. The topological polar surface area (TPSA) is 45.3 Å². The van der Waals surface area contributed by atoms with Gasteiger partial charge < -0.3 is 19.3 Å². The van der Waals surface area contributed by atoms with Crippen molar-refractivity contribution in [2.75, 3.05) is 57.4 Å². The first-order valence-corrected chi connectivity index (χ1v) is 11.0. The molecule has 3 aliphatic heterocycles. The van der Waals surface area contributed by atoms with Gasteiger partial charge in [0, 0.05) is 37.9 Å². The van der Waals surface area contributed by atoms with Gasteiger partial charge in [0.25, 0.3) is 0 Å². The van der Waals surface area contributed by atoms with Crippen molar-refractivity contribution in [1.82, 2.24) is 9.80 Å². The lowest BCUT2D eigenvalue weighted by Gasteiger charge is -2.37. The normalized spacial score (nSPS) is 21.7. The Hall–Kier alpha value is -2.73. The van der Waals surface area contributed by atoms with E-state index in [2.05, 4.69) is 46.2 Å². The molecule has 2 saturated heterocycles. The van der Waals surface area contributed by atoms with Crippen LogP contribution in [0.15, 0.2) is 48.5 Å². The Morgan fingerprint density at radius 2 is 1.67 bits per heavy atom. The second kappa shape index (κ2) is 8.56. The van der Waals surface area contributed by atoms with Crippen LogP contribution in [-0.2, 0) is 4.79 Å². The van der Waals surface area contributed by atoms with E-state index in [1.807, 2.05) is 17.0 Å². The molecule has 1 atom stereocenters. The predicted octanol–water partition coefficient (Wildman–Crippen LogP) is 2.94. The third-order valence-corrected chi connectivity index (χ3v) is 6.41. The highest BCUT2D eigenvalue weighted by Gasteiger charge is 2.31. The Kier molecular flexibility index (Phi) is 5.49. The number of carbonyl (C=O) groups is 1. The summed E-state index contributed by atoms with van der Waals surface area (Å²) >= 11 is 0. The molecule has 0 radical (unpaired) electrons. The number of fused-ring (bicyclic) bond motifs is 1. The highest BCUT2D eigenvalue weighted by molar-refractivity contribution is 5.78. The van der Waals surface area contributed by atoms with Gasteiger partial charge in [-0.15, -0.1) is 0 Å². The minimum Gasteiger partial charge on any atom is -0.486 e. The number of amides is 1. The smallest absolute Gasteiger partial charge is 0.236 e. The molecule has 2 aromatic carbocycles. The van der Waals surface area contributed by atoms with Gasteiger partial charge in [-0.2, -0.15) is 0 Å². The van der Waals surface area contributed by atoms with E-state index >= 15 is 0 Å². The van der Waals surface area contributed by atoms with Crippen LogP contribution in [0.25, 0.3) is 0 Å². The zero-order valence-electron chi connectivity index (χ0n) is 17.3. The fraction of sp³-hybridized carbons (Fsp3) is 0.458. The zero-order valence-corrected chi connectivity index (χ0v) is 17.3. The number of nitrogens with zero attached hydrogens (tertiary/aromatic N) is 3. The van der Waals surface area contributed by atoms with E-state index in [1.165, 1.54) is 11.3 Å². The third kappa shape index (κ3) is 3.97. The Labute approximate surface area is 178 Å². The van der Waals surface area contributed by atoms with Gasteiger partial charge in [-0.1, -0.05) is 24.3 Å². The standard InChI is InChI=1S/C24H29N3O3/c28-24(26-13-11-25(12-14-26)20-5-2-1-3-6-20)18-27-10-4-7-21(27)19-8-9-22-23(17-19)30-16-15-29-22/h1-3,5-6,8-9,17,21H,4,7,10-16,18H2/t21-/m0/s1. The van der Waals surface area contributed by atoms with E-state index in [9.17, 15) is 4.79 Å². The lowest BCUT2D eigenvalue weighted by atomic mass is 10.0. The van der Waals surface area contributed by atoms with Crippen LogP contribution in [0, 0.1) is 0 Å². The third-order valence-electron chi connectivity index (χ3n) is 6.41. The number of rotatable bonds is 4. The molecule has 30 heavy (non-hydrogen) atoms. The van der Waals surface area contributed by atoms with Gasteiger partial charge in [0.2, 0.25) is 5.91 Å². The van der Waals surface area contributed by atoms with Crippen LogP contribution >= 0.6 is 0 Å². The van der Waals surface area contributed by atoms with Crippen molar-refractivity contribution in [3.05, 3.63) is 54.1 Å². The molecular formula is C24H29N3O3. The van der Waals surface area contributed by atoms with Crippen LogP contribution in [0.2, 0.25) is 0 Å². The van der Waals surface area contributed by atoms with Crippen molar-refractivity contribution in [3.8, 4) is 11.5 Å². The number of para-hydroxylation sites is 1. The summed E-state index contributed by atoms with van der Waals surface area (Å²) < 4.78 is 11.4. The van der Waals surface area contributed by atoms with Crippen LogP contribution < -0.4 is 14.4 Å². The fourth-order valence-corrected chi connectivity index (χ4v) is 4.79. The Morgan fingerprint density at radius 1 is 0.900 bits per heavy atom. The van der Waals surface area contributed by atoms with Crippen molar-refractivity contribution >= 4 is 11.6 Å². The van der Waals surface area contributed by atoms with E-state index in [1.54, 1.807) is 0 Å². The number of ether oxygens (including phenoxy) is 2. The van der Waals surface area contributed by atoms with Crippen molar-refractivity contribution < 1.29 is 14.3 Å². The van der Waals surface area contributed by atoms with Gasteiger partial charge >= 0.3 is 0 Å². The second-order valence-electron chi connectivity index (χ2n) is 8.23. The quantitative estimate of drug-likeness (QED) is 0.780. The molecule has 0 aromatic heterocycles. The lowest BCUT2D eigenvalue weighted by molar-refractivity contribution is -0.133. The number of piperazine rings is 1. The van der Waals surface area contributed by atoms with E-state index in [0.717, 1.165) is 57.1 Å². The molecule has 0 aliphatic carbocycles. The number of hydrogen-bond acceptors (Lipinski definition) is 5. The zero-order chi connectivity index (χ0) is 20.3. The molecule has 5 rings (SSSR count). The van der Waals surface area contributed by atoms with Gasteiger partial charge in [-0.05, 0) is 49.2 Å². The van der Waals surface area contributed by atoms with Crippen LogP contribution in [0.3, 0.4) is 0 Å². The first-order valence-electron chi connectivity index (χ1n) is 11.0. The number of carbonyl (C=O) groups excluding carboxylic acids is 1. The van der Waals surface area contributed by atoms with Gasteiger partial charge in [0.05, 0.1) is 6.54 Å². The summed E-state index contributed by atoms with van der Waals surface area (Å²) in [6.45, 7) is 6.01. The molecule has 0 spiro atoms. The van der Waals surface area contributed by atoms with E-state index in [0.29, 0.717) is 19.8 Å². The monoisotopic (exact) mass is 407 g/mol. The molecule has 158 valence electrons. The highest BCUT2D eigenvalue weighted by Crippen LogP contribution is 2.38. The number of likely N-dealkylation sites (tertiary alicyclic amines) is 1. The minimum atomic E-state index is 0.243. The van der Waals surface area contributed by atoms with Crippen molar-refractivity contribution in [2.24, 2.45) is 0 Å². The summed E-state index contributed by atoms with van der Waals surface area (Å²) in [4.78, 5) is 19.7. The highest BCUT2D eigenvalue weighted by atomic mass is 16.6. The van der Waals surface area contributed by atoms with Crippen molar-refractivity contribution in [2.45, 2.75) is 18.9 Å². The molecule has 3 aliphatic rings.